The Balaban J connectivity index is 3.71. The van der Waals surface area contributed by atoms with Crippen molar-refractivity contribution in [2.75, 3.05) is 0 Å². The topological polar surface area (TPSA) is 104 Å². The monoisotopic (exact) mass is 399 g/mol. The Morgan fingerprint density at radius 1 is 0.750 bits per heavy atom. The van der Waals surface area contributed by atoms with E-state index in [1.807, 2.05) is 0 Å². The van der Waals surface area contributed by atoms with Crippen molar-refractivity contribution in [3.63, 3.8) is 0 Å². The van der Waals surface area contributed by atoms with Gasteiger partial charge >= 0.3 is 11.9 Å². The molecule has 2 atom stereocenters. The van der Waals surface area contributed by atoms with E-state index >= 15 is 0 Å². The van der Waals surface area contributed by atoms with Gasteiger partial charge in [-0.25, -0.2) is 4.79 Å². The Bertz CT molecular complexity index is 439. The van der Waals surface area contributed by atoms with Crippen LogP contribution in [0, 0.1) is 5.92 Å². The highest BCUT2D eigenvalue weighted by atomic mass is 16.4. The van der Waals surface area contributed by atoms with E-state index in [2.05, 4.69) is 12.2 Å². The molecule has 0 spiro atoms. The third-order valence-electron chi connectivity index (χ3n) is 5.20. The number of rotatable bonds is 19. The van der Waals surface area contributed by atoms with E-state index in [9.17, 15) is 14.4 Å². The van der Waals surface area contributed by atoms with E-state index in [1.165, 1.54) is 64.2 Å². The quantitative estimate of drug-likeness (QED) is 0.261. The zero-order valence-corrected chi connectivity index (χ0v) is 17.9. The van der Waals surface area contributed by atoms with Crippen LogP contribution in [0.15, 0.2) is 0 Å². The minimum atomic E-state index is -1.19. The molecule has 1 amide bonds. The van der Waals surface area contributed by atoms with Crippen molar-refractivity contribution in [2.24, 2.45) is 5.92 Å². The number of carboxylic acid groups (broad SMARTS) is 2. The molecule has 0 aromatic rings. The molecule has 28 heavy (non-hydrogen) atoms. The zero-order valence-electron chi connectivity index (χ0n) is 17.9. The molecular weight excluding hydrogens is 358 g/mol. The molecule has 0 aromatic carbocycles. The summed E-state index contributed by atoms with van der Waals surface area (Å²) in [7, 11) is 0. The third kappa shape index (κ3) is 15.5. The maximum Gasteiger partial charge on any atom is 0.326 e. The third-order valence-corrected chi connectivity index (χ3v) is 5.20. The summed E-state index contributed by atoms with van der Waals surface area (Å²) in [6.07, 6.45) is 15.5. The summed E-state index contributed by atoms with van der Waals surface area (Å²) in [5, 5.41) is 20.2. The van der Waals surface area contributed by atoms with Crippen LogP contribution in [0.3, 0.4) is 0 Å². The molecule has 6 nitrogen and oxygen atoms in total. The molecule has 0 bridgehead atoms. The molecule has 0 aliphatic carbocycles. The number of carbonyl (C=O) groups is 3. The number of amides is 1. The standard InChI is InChI=1S/C22H41NO5/c1-3-4-5-6-7-8-9-10-11-12-13-14-15-18(2)21(26)23-19(22(27)28)16-17-20(24)25/h18-19H,3-17H2,1-2H3,(H,23,26)(H,24,25)(H,27,28)/t18?,19-/m0/s1. The predicted molar refractivity (Wildman–Crippen MR) is 111 cm³/mol. The molecule has 0 saturated carbocycles. The van der Waals surface area contributed by atoms with Crippen LogP contribution in [-0.4, -0.2) is 34.1 Å². The lowest BCUT2D eigenvalue weighted by atomic mass is 10.00. The van der Waals surface area contributed by atoms with Gasteiger partial charge in [-0.15, -0.1) is 0 Å². The van der Waals surface area contributed by atoms with Crippen molar-refractivity contribution in [3.8, 4) is 0 Å². The van der Waals surface area contributed by atoms with Gasteiger partial charge in [-0.3, -0.25) is 9.59 Å². The van der Waals surface area contributed by atoms with Gasteiger partial charge in [0.05, 0.1) is 0 Å². The van der Waals surface area contributed by atoms with Gasteiger partial charge in [0, 0.05) is 12.3 Å². The fourth-order valence-electron chi connectivity index (χ4n) is 3.26. The molecule has 0 radical (unpaired) electrons. The number of aliphatic carboxylic acids is 2. The minimum Gasteiger partial charge on any atom is -0.481 e. The normalized spacial score (nSPS) is 13.1. The lowest BCUT2D eigenvalue weighted by molar-refractivity contribution is -0.143. The lowest BCUT2D eigenvalue weighted by Crippen LogP contribution is -2.43. The van der Waals surface area contributed by atoms with Crippen molar-refractivity contribution in [1.82, 2.24) is 5.32 Å². The molecular formula is C22H41NO5. The van der Waals surface area contributed by atoms with E-state index in [-0.39, 0.29) is 24.7 Å². The molecule has 0 heterocycles. The summed E-state index contributed by atoms with van der Waals surface area (Å²) >= 11 is 0. The molecule has 0 saturated heterocycles. The zero-order chi connectivity index (χ0) is 21.2. The van der Waals surface area contributed by atoms with Crippen molar-refractivity contribution in [1.29, 1.82) is 0 Å². The first kappa shape index (κ1) is 26.4. The van der Waals surface area contributed by atoms with E-state index in [0.717, 1.165) is 19.3 Å². The average molecular weight is 400 g/mol. The first-order valence-corrected chi connectivity index (χ1v) is 11.1. The Hall–Kier alpha value is -1.59. The molecule has 6 heteroatoms. The first-order valence-electron chi connectivity index (χ1n) is 11.1. The largest absolute Gasteiger partial charge is 0.481 e. The number of hydrogen-bond donors (Lipinski definition) is 3. The smallest absolute Gasteiger partial charge is 0.326 e. The molecule has 0 fully saturated rings. The summed E-state index contributed by atoms with van der Waals surface area (Å²) in [6.45, 7) is 4.03. The minimum absolute atomic E-state index is 0.0955. The second-order valence-corrected chi connectivity index (χ2v) is 7.91. The Morgan fingerprint density at radius 3 is 1.64 bits per heavy atom. The highest BCUT2D eigenvalue weighted by Crippen LogP contribution is 2.15. The van der Waals surface area contributed by atoms with Crippen LogP contribution in [0.1, 0.15) is 110 Å². The highest BCUT2D eigenvalue weighted by molar-refractivity contribution is 5.85. The van der Waals surface area contributed by atoms with Crippen LogP contribution in [0.4, 0.5) is 0 Å². The molecule has 0 aliphatic rings. The maximum absolute atomic E-state index is 12.1. The van der Waals surface area contributed by atoms with Crippen molar-refractivity contribution in [2.45, 2.75) is 116 Å². The number of unbranched alkanes of at least 4 members (excludes halogenated alkanes) is 11. The van der Waals surface area contributed by atoms with Gasteiger partial charge in [0.15, 0.2) is 0 Å². The number of nitrogens with one attached hydrogen (secondary N) is 1. The van der Waals surface area contributed by atoms with Crippen LogP contribution >= 0.6 is 0 Å². The Kier molecular flexibility index (Phi) is 16.5. The summed E-state index contributed by atoms with van der Waals surface area (Å²) in [6, 6.07) is -1.13. The van der Waals surface area contributed by atoms with Gasteiger partial charge in [0.25, 0.3) is 0 Å². The summed E-state index contributed by atoms with van der Waals surface area (Å²) in [5.74, 6) is -2.81. The van der Waals surface area contributed by atoms with Gasteiger partial charge in [0.2, 0.25) is 5.91 Å². The van der Waals surface area contributed by atoms with Gasteiger partial charge in [-0.1, -0.05) is 90.9 Å². The lowest BCUT2D eigenvalue weighted by Gasteiger charge is -2.17. The summed E-state index contributed by atoms with van der Waals surface area (Å²) < 4.78 is 0. The first-order chi connectivity index (χ1) is 13.4. The number of carboxylic acids is 2. The van der Waals surface area contributed by atoms with Gasteiger partial charge in [0.1, 0.15) is 6.04 Å². The van der Waals surface area contributed by atoms with Crippen LogP contribution in [0.25, 0.3) is 0 Å². The maximum atomic E-state index is 12.1. The van der Waals surface area contributed by atoms with Crippen molar-refractivity contribution in [3.05, 3.63) is 0 Å². The van der Waals surface area contributed by atoms with Crippen LogP contribution in [0.5, 0.6) is 0 Å². The van der Waals surface area contributed by atoms with Gasteiger partial charge < -0.3 is 15.5 Å². The molecule has 0 rings (SSSR count). The van der Waals surface area contributed by atoms with E-state index in [1.54, 1.807) is 6.92 Å². The molecule has 0 aromatic heterocycles. The second-order valence-electron chi connectivity index (χ2n) is 7.91. The molecule has 3 N–H and O–H groups in total. The molecule has 0 aliphatic heterocycles. The Morgan fingerprint density at radius 2 is 1.21 bits per heavy atom. The summed E-state index contributed by atoms with van der Waals surface area (Å²) in [5.41, 5.74) is 0. The summed E-state index contributed by atoms with van der Waals surface area (Å²) in [4.78, 5) is 33.8. The SMILES string of the molecule is CCCCCCCCCCCCCCC(C)C(=O)N[C@@H](CCC(=O)O)C(=O)O. The van der Waals surface area contributed by atoms with Gasteiger partial charge in [-0.2, -0.15) is 0 Å². The van der Waals surface area contributed by atoms with Crippen molar-refractivity contribution < 1.29 is 24.6 Å². The Labute approximate surface area is 170 Å². The molecule has 164 valence electrons. The van der Waals surface area contributed by atoms with E-state index < -0.39 is 18.0 Å². The fourth-order valence-corrected chi connectivity index (χ4v) is 3.26. The van der Waals surface area contributed by atoms with Crippen LogP contribution in [-0.2, 0) is 14.4 Å². The highest BCUT2D eigenvalue weighted by Gasteiger charge is 2.23. The second kappa shape index (κ2) is 17.5. The van der Waals surface area contributed by atoms with Crippen LogP contribution < -0.4 is 5.32 Å². The van der Waals surface area contributed by atoms with E-state index in [0.29, 0.717) is 0 Å². The average Bonchev–Trinajstić information content (AvgIpc) is 2.65. The van der Waals surface area contributed by atoms with Crippen LogP contribution in [0.2, 0.25) is 0 Å². The van der Waals surface area contributed by atoms with Crippen molar-refractivity contribution >= 4 is 17.8 Å². The molecule has 1 unspecified atom stereocenters. The fraction of sp³-hybridized carbons (Fsp3) is 0.864. The van der Waals surface area contributed by atoms with E-state index in [4.69, 9.17) is 10.2 Å². The predicted octanol–water partition coefficient (Wildman–Crippen LogP) is 5.15. The number of carbonyl (C=O) groups excluding carboxylic acids is 1. The van der Waals surface area contributed by atoms with Gasteiger partial charge in [-0.05, 0) is 12.8 Å². The number of hydrogen-bond acceptors (Lipinski definition) is 3.